The monoisotopic (exact) mass is 278 g/mol. The van der Waals surface area contributed by atoms with Gasteiger partial charge in [0.2, 0.25) is 0 Å². The number of benzene rings is 1. The van der Waals surface area contributed by atoms with Crippen molar-refractivity contribution in [3.05, 3.63) is 23.8 Å². The minimum atomic E-state index is 0.0149. The summed E-state index contributed by atoms with van der Waals surface area (Å²) < 4.78 is 10.4. The molecule has 1 atom stereocenters. The quantitative estimate of drug-likeness (QED) is 0.909. The molecular formula is C15H22N2O3. The van der Waals surface area contributed by atoms with E-state index in [1.54, 1.807) is 32.4 Å². The normalized spacial score (nSPS) is 18.8. The summed E-state index contributed by atoms with van der Waals surface area (Å²) in [6.07, 6.45) is 3.16. The zero-order valence-corrected chi connectivity index (χ0v) is 12.1. The third-order valence-electron chi connectivity index (χ3n) is 3.79. The van der Waals surface area contributed by atoms with Gasteiger partial charge in [0.25, 0.3) is 5.91 Å². The highest BCUT2D eigenvalue weighted by Gasteiger charge is 2.26. The van der Waals surface area contributed by atoms with Gasteiger partial charge in [-0.2, -0.15) is 0 Å². The number of amides is 1. The molecule has 1 aliphatic rings. The van der Waals surface area contributed by atoms with Gasteiger partial charge in [-0.15, -0.1) is 0 Å². The van der Waals surface area contributed by atoms with E-state index in [4.69, 9.17) is 15.2 Å². The number of carbonyl (C=O) groups excluding carboxylic acids is 1. The number of methoxy groups -OCH3 is 2. The molecule has 2 N–H and O–H groups in total. The van der Waals surface area contributed by atoms with Crippen molar-refractivity contribution in [2.45, 2.75) is 25.3 Å². The van der Waals surface area contributed by atoms with Crippen LogP contribution in [0.2, 0.25) is 0 Å². The van der Waals surface area contributed by atoms with E-state index in [0.29, 0.717) is 23.6 Å². The number of hydrogen-bond acceptors (Lipinski definition) is 4. The van der Waals surface area contributed by atoms with E-state index in [2.05, 4.69) is 0 Å². The van der Waals surface area contributed by atoms with Crippen LogP contribution in [0.15, 0.2) is 18.2 Å². The van der Waals surface area contributed by atoms with Gasteiger partial charge in [-0.3, -0.25) is 4.79 Å². The Bertz CT molecular complexity index is 476. The van der Waals surface area contributed by atoms with E-state index in [9.17, 15) is 4.79 Å². The first kappa shape index (κ1) is 14.7. The summed E-state index contributed by atoms with van der Waals surface area (Å²) in [5.74, 6) is 1.21. The van der Waals surface area contributed by atoms with Gasteiger partial charge in [-0.1, -0.05) is 0 Å². The van der Waals surface area contributed by atoms with Crippen LogP contribution in [0.25, 0.3) is 0 Å². The zero-order chi connectivity index (χ0) is 14.5. The van der Waals surface area contributed by atoms with E-state index in [-0.39, 0.29) is 11.9 Å². The molecule has 1 unspecified atom stereocenters. The minimum absolute atomic E-state index is 0.0149. The van der Waals surface area contributed by atoms with E-state index in [1.165, 1.54) is 0 Å². The molecule has 1 fully saturated rings. The summed E-state index contributed by atoms with van der Waals surface area (Å²) in [7, 11) is 3.14. The van der Waals surface area contributed by atoms with Crippen molar-refractivity contribution in [2.75, 3.05) is 27.3 Å². The van der Waals surface area contributed by atoms with Gasteiger partial charge in [0.05, 0.1) is 14.2 Å². The predicted molar refractivity (Wildman–Crippen MR) is 77.3 cm³/mol. The Kier molecular flexibility index (Phi) is 4.84. The highest BCUT2D eigenvalue weighted by atomic mass is 16.5. The van der Waals surface area contributed by atoms with Crippen molar-refractivity contribution in [2.24, 2.45) is 5.73 Å². The highest BCUT2D eigenvalue weighted by molar-refractivity contribution is 5.95. The van der Waals surface area contributed by atoms with Crippen LogP contribution >= 0.6 is 0 Å². The van der Waals surface area contributed by atoms with E-state index in [1.807, 2.05) is 4.90 Å². The SMILES string of the molecule is COc1ccc(C(=O)N2CCCCC2CN)cc1OC. The molecule has 1 aromatic rings. The molecule has 1 aliphatic heterocycles. The van der Waals surface area contributed by atoms with Crippen LogP contribution in [-0.4, -0.2) is 44.2 Å². The lowest BCUT2D eigenvalue weighted by atomic mass is 10.0. The topological polar surface area (TPSA) is 64.8 Å². The largest absolute Gasteiger partial charge is 0.493 e. The van der Waals surface area contributed by atoms with Gasteiger partial charge in [0.15, 0.2) is 11.5 Å². The number of nitrogens with zero attached hydrogens (tertiary/aromatic N) is 1. The Morgan fingerprint density at radius 2 is 2.05 bits per heavy atom. The number of rotatable bonds is 4. The molecule has 0 aliphatic carbocycles. The number of carbonyl (C=O) groups is 1. The van der Waals surface area contributed by atoms with Crippen LogP contribution in [0.3, 0.4) is 0 Å². The van der Waals surface area contributed by atoms with E-state index >= 15 is 0 Å². The number of nitrogens with two attached hydrogens (primary N) is 1. The second-order valence-electron chi connectivity index (χ2n) is 4.95. The van der Waals surface area contributed by atoms with Crippen molar-refractivity contribution in [1.82, 2.24) is 4.90 Å². The van der Waals surface area contributed by atoms with Crippen LogP contribution in [0.4, 0.5) is 0 Å². The van der Waals surface area contributed by atoms with Crippen molar-refractivity contribution in [1.29, 1.82) is 0 Å². The third kappa shape index (κ3) is 2.88. The van der Waals surface area contributed by atoms with Gasteiger partial charge in [-0.25, -0.2) is 0 Å². The highest BCUT2D eigenvalue weighted by Crippen LogP contribution is 2.29. The average Bonchev–Trinajstić information content (AvgIpc) is 2.53. The molecule has 0 saturated carbocycles. The number of piperidine rings is 1. The fraction of sp³-hybridized carbons (Fsp3) is 0.533. The summed E-state index contributed by atoms with van der Waals surface area (Å²) in [4.78, 5) is 14.5. The Morgan fingerprint density at radius 1 is 1.30 bits per heavy atom. The maximum absolute atomic E-state index is 12.6. The lowest BCUT2D eigenvalue weighted by Crippen LogP contribution is -2.47. The van der Waals surface area contributed by atoms with Crippen LogP contribution in [0.1, 0.15) is 29.6 Å². The van der Waals surface area contributed by atoms with E-state index < -0.39 is 0 Å². The van der Waals surface area contributed by atoms with E-state index in [0.717, 1.165) is 25.8 Å². The maximum atomic E-state index is 12.6. The third-order valence-corrected chi connectivity index (χ3v) is 3.79. The Balaban J connectivity index is 2.23. The lowest BCUT2D eigenvalue weighted by molar-refractivity contribution is 0.0623. The molecule has 2 rings (SSSR count). The average molecular weight is 278 g/mol. The molecular weight excluding hydrogens is 256 g/mol. The smallest absolute Gasteiger partial charge is 0.254 e. The minimum Gasteiger partial charge on any atom is -0.493 e. The van der Waals surface area contributed by atoms with Crippen molar-refractivity contribution in [3.63, 3.8) is 0 Å². The van der Waals surface area contributed by atoms with Crippen molar-refractivity contribution < 1.29 is 14.3 Å². The molecule has 1 aromatic carbocycles. The summed E-state index contributed by atoms with van der Waals surface area (Å²) in [6, 6.07) is 5.40. The Hall–Kier alpha value is -1.75. The number of ether oxygens (including phenoxy) is 2. The molecule has 0 radical (unpaired) electrons. The first-order chi connectivity index (χ1) is 9.71. The maximum Gasteiger partial charge on any atom is 0.254 e. The summed E-state index contributed by atoms with van der Waals surface area (Å²) in [5, 5.41) is 0. The molecule has 0 aromatic heterocycles. The first-order valence-electron chi connectivity index (χ1n) is 6.94. The first-order valence-corrected chi connectivity index (χ1v) is 6.94. The molecule has 1 saturated heterocycles. The molecule has 0 bridgehead atoms. The predicted octanol–water partition coefficient (Wildman–Crippen LogP) is 1.66. The van der Waals surface area contributed by atoms with Gasteiger partial charge in [-0.05, 0) is 37.5 Å². The Labute approximate surface area is 119 Å². The molecule has 20 heavy (non-hydrogen) atoms. The van der Waals surface area contributed by atoms with Gasteiger partial charge >= 0.3 is 0 Å². The fourth-order valence-electron chi connectivity index (χ4n) is 2.65. The van der Waals surface area contributed by atoms with Crippen LogP contribution in [0, 0.1) is 0 Å². The molecule has 5 heteroatoms. The number of hydrogen-bond donors (Lipinski definition) is 1. The molecule has 1 heterocycles. The number of likely N-dealkylation sites (tertiary alicyclic amines) is 1. The van der Waals surface area contributed by atoms with Crippen molar-refractivity contribution >= 4 is 5.91 Å². The van der Waals surface area contributed by atoms with Crippen molar-refractivity contribution in [3.8, 4) is 11.5 Å². The van der Waals surface area contributed by atoms with Crippen LogP contribution in [-0.2, 0) is 0 Å². The van der Waals surface area contributed by atoms with Gasteiger partial charge in [0, 0.05) is 24.7 Å². The fourth-order valence-corrected chi connectivity index (χ4v) is 2.65. The lowest BCUT2D eigenvalue weighted by Gasteiger charge is -2.35. The second kappa shape index (κ2) is 6.61. The molecule has 1 amide bonds. The van der Waals surface area contributed by atoms with Gasteiger partial charge < -0.3 is 20.1 Å². The van der Waals surface area contributed by atoms with Crippen LogP contribution in [0.5, 0.6) is 11.5 Å². The Morgan fingerprint density at radius 3 is 2.70 bits per heavy atom. The van der Waals surface area contributed by atoms with Crippen LogP contribution < -0.4 is 15.2 Å². The molecule has 110 valence electrons. The molecule has 5 nitrogen and oxygen atoms in total. The summed E-state index contributed by atoms with van der Waals surface area (Å²) in [5.41, 5.74) is 6.39. The standard InChI is InChI=1S/C15H22N2O3/c1-19-13-7-6-11(9-14(13)20-2)15(18)17-8-4-3-5-12(17)10-16/h6-7,9,12H,3-5,8,10,16H2,1-2H3. The summed E-state index contributed by atoms with van der Waals surface area (Å²) >= 11 is 0. The summed E-state index contributed by atoms with van der Waals surface area (Å²) in [6.45, 7) is 1.29. The molecule has 0 spiro atoms. The second-order valence-corrected chi connectivity index (χ2v) is 4.95. The zero-order valence-electron chi connectivity index (χ0n) is 12.1. The van der Waals surface area contributed by atoms with Gasteiger partial charge in [0.1, 0.15) is 0 Å².